The molecule has 1 saturated heterocycles. The number of amides is 1. The molecule has 0 aliphatic carbocycles. The lowest BCUT2D eigenvalue weighted by molar-refractivity contribution is 0.126. The number of nitrogens with one attached hydrogen (secondary N) is 1. The monoisotopic (exact) mass is 344 g/mol. The van der Waals surface area contributed by atoms with Crippen molar-refractivity contribution in [3.8, 4) is 0 Å². The first-order valence-electron chi connectivity index (χ1n) is 8.09. The molecule has 9 heteroatoms. The lowest BCUT2D eigenvalue weighted by Crippen LogP contribution is -2.26. The van der Waals surface area contributed by atoms with Crippen molar-refractivity contribution < 1.29 is 13.9 Å². The average molecular weight is 344 g/mol. The van der Waals surface area contributed by atoms with Gasteiger partial charge in [-0.1, -0.05) is 6.08 Å². The second kappa shape index (κ2) is 6.60. The van der Waals surface area contributed by atoms with Gasteiger partial charge in [0.1, 0.15) is 18.5 Å². The Labute approximate surface area is 143 Å². The zero-order chi connectivity index (χ0) is 17.2. The average Bonchev–Trinajstić information content (AvgIpc) is 3.25. The molecule has 0 saturated carbocycles. The summed E-state index contributed by atoms with van der Waals surface area (Å²) in [4.78, 5) is 14.9. The van der Waals surface area contributed by atoms with Crippen LogP contribution in [0.25, 0.3) is 5.57 Å². The molecule has 0 unspecified atom stereocenters. The lowest BCUT2D eigenvalue weighted by atomic mass is 9.99. The number of ether oxygens (including phenoxy) is 1. The molecule has 8 nitrogen and oxygen atoms in total. The molecule has 25 heavy (non-hydrogen) atoms. The van der Waals surface area contributed by atoms with Crippen LogP contribution in [0.2, 0.25) is 0 Å². The van der Waals surface area contributed by atoms with Crippen LogP contribution in [-0.2, 0) is 11.3 Å². The SMILES string of the molecule is O=C1O[C@@H](Cn2ncnn2)CN1c1ccc(C2=CCNCC2)c(F)c1. The molecule has 1 fully saturated rings. The third kappa shape index (κ3) is 3.22. The quantitative estimate of drug-likeness (QED) is 0.897. The zero-order valence-corrected chi connectivity index (χ0v) is 13.4. The number of hydrogen-bond donors (Lipinski definition) is 1. The van der Waals surface area contributed by atoms with E-state index in [1.54, 1.807) is 12.1 Å². The fourth-order valence-corrected chi connectivity index (χ4v) is 3.08. The Hall–Kier alpha value is -2.81. The number of nitrogens with zero attached hydrogens (tertiary/aromatic N) is 5. The Morgan fingerprint density at radius 3 is 3.04 bits per heavy atom. The van der Waals surface area contributed by atoms with Crippen LogP contribution in [0.15, 0.2) is 30.6 Å². The van der Waals surface area contributed by atoms with Crippen LogP contribution >= 0.6 is 0 Å². The van der Waals surface area contributed by atoms with Gasteiger partial charge in [0.2, 0.25) is 0 Å². The van der Waals surface area contributed by atoms with Crippen LogP contribution in [0, 0.1) is 5.82 Å². The third-order valence-corrected chi connectivity index (χ3v) is 4.31. The summed E-state index contributed by atoms with van der Waals surface area (Å²) >= 11 is 0. The Balaban J connectivity index is 1.50. The van der Waals surface area contributed by atoms with Crippen molar-refractivity contribution in [1.29, 1.82) is 0 Å². The molecule has 2 aliphatic heterocycles. The first kappa shape index (κ1) is 15.7. The Kier molecular flexibility index (Phi) is 4.14. The highest BCUT2D eigenvalue weighted by atomic mass is 19.1. The number of cyclic esters (lactones) is 1. The summed E-state index contributed by atoms with van der Waals surface area (Å²) in [6.07, 6.45) is 3.19. The van der Waals surface area contributed by atoms with E-state index in [9.17, 15) is 9.18 Å². The van der Waals surface area contributed by atoms with Crippen molar-refractivity contribution in [2.75, 3.05) is 24.5 Å². The van der Waals surface area contributed by atoms with E-state index in [1.807, 2.05) is 6.08 Å². The summed E-state index contributed by atoms with van der Waals surface area (Å²) in [6, 6.07) is 4.86. The van der Waals surface area contributed by atoms with E-state index in [1.165, 1.54) is 22.1 Å². The van der Waals surface area contributed by atoms with Gasteiger partial charge in [0.15, 0.2) is 6.33 Å². The molecule has 1 aromatic carbocycles. The van der Waals surface area contributed by atoms with Crippen molar-refractivity contribution in [3.63, 3.8) is 0 Å². The van der Waals surface area contributed by atoms with Gasteiger partial charge in [0, 0.05) is 12.1 Å². The van der Waals surface area contributed by atoms with E-state index in [0.717, 1.165) is 25.1 Å². The molecule has 2 aromatic rings. The molecule has 0 spiro atoms. The molecular formula is C16H17FN6O2. The van der Waals surface area contributed by atoms with Gasteiger partial charge in [-0.2, -0.15) is 4.80 Å². The number of anilines is 1. The normalized spacial score (nSPS) is 20.5. The number of benzene rings is 1. The second-order valence-electron chi connectivity index (χ2n) is 5.95. The topological polar surface area (TPSA) is 85.2 Å². The predicted molar refractivity (Wildman–Crippen MR) is 87.3 cm³/mol. The van der Waals surface area contributed by atoms with Crippen molar-refractivity contribution >= 4 is 17.4 Å². The van der Waals surface area contributed by atoms with Crippen LogP contribution < -0.4 is 10.2 Å². The van der Waals surface area contributed by atoms with Gasteiger partial charge in [-0.25, -0.2) is 9.18 Å². The number of carbonyl (C=O) groups excluding carboxylic acids is 1. The van der Waals surface area contributed by atoms with Crippen molar-refractivity contribution in [2.45, 2.75) is 19.1 Å². The summed E-state index contributed by atoms with van der Waals surface area (Å²) < 4.78 is 19.8. The van der Waals surface area contributed by atoms with Gasteiger partial charge in [0.05, 0.1) is 12.2 Å². The molecular weight excluding hydrogens is 327 g/mol. The molecule has 0 bridgehead atoms. The molecule has 130 valence electrons. The highest BCUT2D eigenvalue weighted by Gasteiger charge is 2.33. The molecule has 1 N–H and O–H groups in total. The van der Waals surface area contributed by atoms with Crippen LogP contribution in [0.1, 0.15) is 12.0 Å². The first-order chi connectivity index (χ1) is 12.2. The van der Waals surface area contributed by atoms with E-state index < -0.39 is 12.2 Å². The van der Waals surface area contributed by atoms with Crippen LogP contribution in [-0.4, -0.2) is 52.0 Å². The van der Waals surface area contributed by atoms with E-state index in [0.29, 0.717) is 24.3 Å². The van der Waals surface area contributed by atoms with E-state index in [4.69, 9.17) is 4.74 Å². The fraction of sp³-hybridized carbons (Fsp3) is 0.375. The van der Waals surface area contributed by atoms with Gasteiger partial charge >= 0.3 is 6.09 Å². The summed E-state index contributed by atoms with van der Waals surface area (Å²) in [6.45, 7) is 2.20. The maximum Gasteiger partial charge on any atom is 0.414 e. The molecule has 0 radical (unpaired) electrons. The molecule has 2 aliphatic rings. The number of tetrazole rings is 1. The molecule has 1 aromatic heterocycles. The fourth-order valence-electron chi connectivity index (χ4n) is 3.08. The van der Waals surface area contributed by atoms with Crippen LogP contribution in [0.3, 0.4) is 0 Å². The summed E-state index contributed by atoms with van der Waals surface area (Å²) in [5.41, 5.74) is 2.05. The van der Waals surface area contributed by atoms with Gasteiger partial charge < -0.3 is 10.1 Å². The van der Waals surface area contributed by atoms with E-state index in [-0.39, 0.29) is 5.82 Å². The molecule has 3 heterocycles. The van der Waals surface area contributed by atoms with Crippen molar-refractivity contribution in [3.05, 3.63) is 42.0 Å². The Morgan fingerprint density at radius 1 is 1.40 bits per heavy atom. The number of aromatic nitrogens is 4. The largest absolute Gasteiger partial charge is 0.442 e. The maximum absolute atomic E-state index is 14.5. The van der Waals surface area contributed by atoms with Crippen molar-refractivity contribution in [1.82, 2.24) is 25.5 Å². The van der Waals surface area contributed by atoms with Gasteiger partial charge in [-0.3, -0.25) is 4.90 Å². The van der Waals surface area contributed by atoms with Gasteiger partial charge in [-0.15, -0.1) is 10.2 Å². The smallest absolute Gasteiger partial charge is 0.414 e. The summed E-state index contributed by atoms with van der Waals surface area (Å²) in [7, 11) is 0. The Morgan fingerprint density at radius 2 is 2.32 bits per heavy atom. The standard InChI is InChI=1S/C16H17FN6O2/c17-15-7-12(1-2-14(15)11-3-5-18-6-4-11)22-8-13(25-16(22)24)9-23-20-10-19-21-23/h1-3,7,10,13,18H,4-6,8-9H2/t13-/m1/s1. The predicted octanol–water partition coefficient (Wildman–Crippen LogP) is 1.21. The molecule has 1 atom stereocenters. The number of carbonyl (C=O) groups is 1. The second-order valence-corrected chi connectivity index (χ2v) is 5.95. The summed E-state index contributed by atoms with van der Waals surface area (Å²) in [5, 5.41) is 14.5. The zero-order valence-electron chi connectivity index (χ0n) is 13.4. The van der Waals surface area contributed by atoms with Gasteiger partial charge in [0.25, 0.3) is 0 Å². The van der Waals surface area contributed by atoms with Gasteiger partial charge in [-0.05, 0) is 42.0 Å². The highest BCUT2D eigenvalue weighted by Crippen LogP contribution is 2.28. The van der Waals surface area contributed by atoms with Crippen LogP contribution in [0.5, 0.6) is 0 Å². The minimum atomic E-state index is -0.502. The first-order valence-corrected chi connectivity index (χ1v) is 8.09. The maximum atomic E-state index is 14.5. The van der Waals surface area contributed by atoms with E-state index >= 15 is 0 Å². The summed E-state index contributed by atoms with van der Waals surface area (Å²) in [5.74, 6) is -0.333. The minimum absolute atomic E-state index is 0.308. The minimum Gasteiger partial charge on any atom is -0.442 e. The highest BCUT2D eigenvalue weighted by molar-refractivity contribution is 5.90. The number of hydrogen-bond acceptors (Lipinski definition) is 6. The lowest BCUT2D eigenvalue weighted by Gasteiger charge is -2.17. The van der Waals surface area contributed by atoms with Crippen LogP contribution in [0.4, 0.5) is 14.9 Å². The third-order valence-electron chi connectivity index (χ3n) is 4.31. The Bertz CT molecular complexity index is 807. The number of rotatable bonds is 4. The van der Waals surface area contributed by atoms with E-state index in [2.05, 4.69) is 20.7 Å². The molecule has 1 amide bonds. The molecule has 4 rings (SSSR count). The van der Waals surface area contributed by atoms with Crippen molar-refractivity contribution in [2.24, 2.45) is 0 Å². The number of halogens is 1.